The summed E-state index contributed by atoms with van der Waals surface area (Å²) >= 11 is 5.90. The number of likely N-dealkylation sites (tertiary alicyclic amines) is 1. The summed E-state index contributed by atoms with van der Waals surface area (Å²) in [6.45, 7) is 3.15. The molecule has 1 aromatic carbocycles. The second kappa shape index (κ2) is 7.39. The number of H-pyrrole nitrogens is 1. The Kier molecular flexibility index (Phi) is 5.05. The van der Waals surface area contributed by atoms with Crippen molar-refractivity contribution in [3.05, 3.63) is 57.5 Å². The van der Waals surface area contributed by atoms with Gasteiger partial charge in [-0.2, -0.15) is 10.2 Å². The molecule has 120 valence electrons. The highest BCUT2D eigenvalue weighted by molar-refractivity contribution is 6.32. The van der Waals surface area contributed by atoms with Gasteiger partial charge in [-0.25, -0.2) is 5.10 Å². The minimum Gasteiger partial charge on any atom is -0.331 e. The third kappa shape index (κ3) is 4.18. The first-order chi connectivity index (χ1) is 11.2. The van der Waals surface area contributed by atoms with E-state index in [0.29, 0.717) is 5.69 Å². The fraction of sp³-hybridized carbons (Fsp3) is 0.312. The number of aromatic amines is 1. The zero-order valence-electron chi connectivity index (χ0n) is 12.7. The predicted octanol–water partition coefficient (Wildman–Crippen LogP) is 1.07. The van der Waals surface area contributed by atoms with Crippen molar-refractivity contribution < 1.29 is 4.90 Å². The summed E-state index contributed by atoms with van der Waals surface area (Å²) in [6, 6.07) is 10.5. The van der Waals surface area contributed by atoms with Gasteiger partial charge in [0.2, 0.25) is 0 Å². The number of nitrogens with one attached hydrogen (secondary N) is 3. The molecule has 7 heteroatoms. The van der Waals surface area contributed by atoms with E-state index >= 15 is 0 Å². The molecule has 1 fully saturated rings. The van der Waals surface area contributed by atoms with E-state index in [0.717, 1.165) is 38.2 Å². The molecule has 0 unspecified atom stereocenters. The quantitative estimate of drug-likeness (QED) is 0.733. The number of nitrogens with zero attached hydrogens (tertiary/aromatic N) is 2. The van der Waals surface area contributed by atoms with Crippen molar-refractivity contribution >= 4 is 23.0 Å². The molecular weight excluding hydrogens is 314 g/mol. The maximum absolute atomic E-state index is 11.4. The van der Waals surface area contributed by atoms with E-state index in [1.807, 2.05) is 6.07 Å². The van der Waals surface area contributed by atoms with Gasteiger partial charge in [-0.15, -0.1) is 0 Å². The van der Waals surface area contributed by atoms with Gasteiger partial charge in [-0.05, 0) is 0 Å². The van der Waals surface area contributed by atoms with Crippen LogP contribution in [0.4, 0.5) is 5.69 Å². The Hall–Kier alpha value is -2.18. The molecule has 23 heavy (non-hydrogen) atoms. The molecule has 0 aliphatic carbocycles. The van der Waals surface area contributed by atoms with E-state index in [1.165, 1.54) is 11.8 Å². The third-order valence-corrected chi connectivity index (χ3v) is 4.34. The molecule has 0 spiro atoms. The van der Waals surface area contributed by atoms with E-state index in [1.54, 1.807) is 4.90 Å². The second-order valence-electron chi connectivity index (χ2n) is 5.63. The highest BCUT2D eigenvalue weighted by Gasteiger charge is 2.18. The number of hydrogen-bond donors (Lipinski definition) is 3. The van der Waals surface area contributed by atoms with Gasteiger partial charge in [-0.3, -0.25) is 10.2 Å². The van der Waals surface area contributed by atoms with Crippen LogP contribution in [0.15, 0.2) is 46.4 Å². The van der Waals surface area contributed by atoms with E-state index in [-0.39, 0.29) is 5.02 Å². The molecule has 6 nitrogen and oxygen atoms in total. The van der Waals surface area contributed by atoms with Gasteiger partial charge in [0.25, 0.3) is 5.56 Å². The number of benzene rings is 1. The fourth-order valence-electron chi connectivity index (χ4n) is 2.67. The van der Waals surface area contributed by atoms with Crippen LogP contribution in [-0.2, 0) is 6.54 Å². The Bertz CT molecular complexity index is 734. The van der Waals surface area contributed by atoms with E-state index < -0.39 is 5.56 Å². The van der Waals surface area contributed by atoms with Crippen LogP contribution >= 0.6 is 11.6 Å². The number of hydrazone groups is 1. The maximum atomic E-state index is 11.4. The molecule has 0 bridgehead atoms. The molecule has 1 aromatic heterocycles. The van der Waals surface area contributed by atoms with Crippen LogP contribution in [0.25, 0.3) is 0 Å². The number of quaternary nitrogens is 1. The normalized spacial score (nSPS) is 17.8. The zero-order valence-corrected chi connectivity index (χ0v) is 13.4. The lowest BCUT2D eigenvalue weighted by Gasteiger charge is -2.24. The van der Waals surface area contributed by atoms with Crippen molar-refractivity contribution in [3.63, 3.8) is 0 Å². The Morgan fingerprint density at radius 3 is 2.74 bits per heavy atom. The maximum Gasteiger partial charge on any atom is 0.285 e. The largest absolute Gasteiger partial charge is 0.331 e. The highest BCUT2D eigenvalue weighted by Crippen LogP contribution is 2.14. The molecule has 0 amide bonds. The van der Waals surface area contributed by atoms with Crippen molar-refractivity contribution in [1.29, 1.82) is 0 Å². The summed E-state index contributed by atoms with van der Waals surface area (Å²) < 4.78 is 0. The van der Waals surface area contributed by atoms with Gasteiger partial charge in [0.1, 0.15) is 17.3 Å². The number of anilines is 1. The Morgan fingerprint density at radius 1 is 1.26 bits per heavy atom. The van der Waals surface area contributed by atoms with Gasteiger partial charge in [0.15, 0.2) is 0 Å². The Morgan fingerprint density at radius 2 is 2.00 bits per heavy atom. The summed E-state index contributed by atoms with van der Waals surface area (Å²) in [5, 5.41) is 10.4. The lowest BCUT2D eigenvalue weighted by atomic mass is 10.1. The van der Waals surface area contributed by atoms with Crippen molar-refractivity contribution in [1.82, 2.24) is 10.2 Å². The van der Waals surface area contributed by atoms with E-state index in [9.17, 15) is 4.79 Å². The van der Waals surface area contributed by atoms with Crippen molar-refractivity contribution in [2.24, 2.45) is 5.10 Å². The van der Waals surface area contributed by atoms with Crippen LogP contribution in [0.1, 0.15) is 18.4 Å². The summed E-state index contributed by atoms with van der Waals surface area (Å²) in [5.41, 5.74) is 5.33. The van der Waals surface area contributed by atoms with Gasteiger partial charge in [0.05, 0.1) is 19.3 Å². The average molecular weight is 333 g/mol. The number of rotatable bonds is 4. The number of halogens is 1. The zero-order chi connectivity index (χ0) is 16.1. The van der Waals surface area contributed by atoms with Crippen LogP contribution in [-0.4, -0.2) is 29.0 Å². The second-order valence-corrected chi connectivity index (χ2v) is 6.01. The lowest BCUT2D eigenvalue weighted by molar-refractivity contribution is -0.914. The highest BCUT2D eigenvalue weighted by atomic mass is 35.5. The first-order valence-electron chi connectivity index (χ1n) is 7.64. The number of aromatic nitrogens is 2. The Labute approximate surface area is 139 Å². The number of hydrogen-bond acceptors (Lipinski definition) is 4. The molecule has 0 atom stereocenters. The van der Waals surface area contributed by atoms with Gasteiger partial charge in [-0.1, -0.05) is 41.9 Å². The van der Waals surface area contributed by atoms with Crippen LogP contribution in [0.5, 0.6) is 0 Å². The molecule has 3 N–H and O–H groups in total. The van der Waals surface area contributed by atoms with Crippen molar-refractivity contribution in [2.75, 3.05) is 18.5 Å². The SMILES string of the molecule is O=c1[nH]ncc(NN=C2CC[NH+](Cc3ccccc3)CC2)c1Cl. The van der Waals surface area contributed by atoms with Gasteiger partial charge in [0, 0.05) is 24.1 Å². The molecule has 2 heterocycles. The van der Waals surface area contributed by atoms with Crippen molar-refractivity contribution in [2.45, 2.75) is 19.4 Å². The summed E-state index contributed by atoms with van der Waals surface area (Å²) in [4.78, 5) is 12.9. The first-order valence-corrected chi connectivity index (χ1v) is 8.02. The average Bonchev–Trinajstić information content (AvgIpc) is 2.58. The molecule has 1 aliphatic rings. The topological polar surface area (TPSA) is 74.6 Å². The van der Waals surface area contributed by atoms with E-state index in [2.05, 4.69) is 45.0 Å². The summed E-state index contributed by atoms with van der Waals surface area (Å²) in [5.74, 6) is 0. The lowest BCUT2D eigenvalue weighted by Crippen LogP contribution is -3.11. The molecule has 0 saturated carbocycles. The minimum atomic E-state index is -0.418. The minimum absolute atomic E-state index is 0.0801. The van der Waals surface area contributed by atoms with E-state index in [4.69, 9.17) is 11.6 Å². The molecule has 2 aromatic rings. The van der Waals surface area contributed by atoms with Crippen molar-refractivity contribution in [3.8, 4) is 0 Å². The van der Waals surface area contributed by atoms with Crippen LogP contribution in [0.2, 0.25) is 5.02 Å². The van der Waals surface area contributed by atoms with Crippen LogP contribution < -0.4 is 15.9 Å². The summed E-state index contributed by atoms with van der Waals surface area (Å²) in [6.07, 6.45) is 3.33. The van der Waals surface area contributed by atoms with Crippen LogP contribution in [0, 0.1) is 0 Å². The summed E-state index contributed by atoms with van der Waals surface area (Å²) in [7, 11) is 0. The molecule has 1 saturated heterocycles. The first kappa shape index (κ1) is 15.7. The molecular formula is C16H19ClN5O+. The monoisotopic (exact) mass is 332 g/mol. The number of piperidine rings is 1. The third-order valence-electron chi connectivity index (χ3n) is 3.96. The molecule has 0 radical (unpaired) electrons. The fourth-order valence-corrected chi connectivity index (χ4v) is 2.80. The molecule has 3 rings (SSSR count). The van der Waals surface area contributed by atoms with Gasteiger partial charge >= 0.3 is 0 Å². The smallest absolute Gasteiger partial charge is 0.285 e. The Balaban J connectivity index is 1.54. The molecule has 1 aliphatic heterocycles. The predicted molar refractivity (Wildman–Crippen MR) is 91.0 cm³/mol. The standard InChI is InChI=1S/C16H18ClN5O/c17-15-14(10-18-21-16(15)23)20-19-13-6-8-22(9-7-13)11-12-4-2-1-3-5-12/h1-5,10H,6-9,11H2,(H2,20,21,23)/p+1. The van der Waals surface area contributed by atoms with Crippen LogP contribution in [0.3, 0.4) is 0 Å². The van der Waals surface area contributed by atoms with Gasteiger partial charge < -0.3 is 4.90 Å².